The van der Waals surface area contributed by atoms with Gasteiger partial charge in [0.25, 0.3) is 11.8 Å². The molecule has 9 rings (SSSR count). The van der Waals surface area contributed by atoms with Crippen LogP contribution in [0.2, 0.25) is 0 Å². The van der Waals surface area contributed by atoms with Crippen LogP contribution in [0.1, 0.15) is 59.8 Å². The summed E-state index contributed by atoms with van der Waals surface area (Å²) in [6.07, 6.45) is 7.66. The number of rotatable bonds is 11. The molecule has 4 N–H and O–H groups in total. The molecule has 0 saturated carbocycles. The van der Waals surface area contributed by atoms with Gasteiger partial charge in [-0.2, -0.15) is 0 Å². The van der Waals surface area contributed by atoms with Gasteiger partial charge in [0.2, 0.25) is 0 Å². The zero-order valence-electron chi connectivity index (χ0n) is 33.7. The van der Waals surface area contributed by atoms with Crippen LogP contribution in [-0.2, 0) is 19.1 Å². The van der Waals surface area contributed by atoms with Crippen LogP contribution >= 0.6 is 22.7 Å². The summed E-state index contributed by atoms with van der Waals surface area (Å²) in [7, 11) is 2.55. The van der Waals surface area contributed by atoms with Crippen molar-refractivity contribution in [3.05, 3.63) is 143 Å². The fraction of sp³-hybridized carbons (Fsp3) is 0.217. The first-order valence-corrected chi connectivity index (χ1v) is 21.8. The molecule has 0 radical (unpaired) electrons. The Hall–Kier alpha value is -7.04. The van der Waals surface area contributed by atoms with Gasteiger partial charge in [-0.05, 0) is 35.1 Å². The lowest BCUT2D eigenvalue weighted by Crippen LogP contribution is -2.43. The number of H-pyrrole nitrogens is 2. The van der Waals surface area contributed by atoms with Crippen LogP contribution in [0.5, 0.6) is 0 Å². The van der Waals surface area contributed by atoms with Crippen LogP contribution in [0.15, 0.2) is 120 Å². The van der Waals surface area contributed by atoms with Crippen molar-refractivity contribution in [2.45, 2.75) is 37.0 Å². The Morgan fingerprint density at radius 1 is 0.694 bits per heavy atom. The average Bonchev–Trinajstić information content (AvgIpc) is 4.17. The molecule has 0 aliphatic carbocycles. The van der Waals surface area contributed by atoms with Gasteiger partial charge >= 0.3 is 12.2 Å². The molecule has 2 unspecified atom stereocenters. The molecule has 1 saturated heterocycles. The number of fused-ring (bicyclic) bond motifs is 1. The predicted molar refractivity (Wildman–Crippen MR) is 237 cm³/mol. The summed E-state index contributed by atoms with van der Waals surface area (Å²) in [5.41, 5.74) is 7.23. The second kappa shape index (κ2) is 17.5. The van der Waals surface area contributed by atoms with E-state index in [-0.39, 0.29) is 17.9 Å². The highest BCUT2D eigenvalue weighted by atomic mass is 32.1. The molecule has 1 fully saturated rings. The third-order valence-corrected chi connectivity index (χ3v) is 13.5. The molecule has 3 aromatic carbocycles. The number of amides is 4. The molecular formula is C46H42N8O6S2. The van der Waals surface area contributed by atoms with Gasteiger partial charge < -0.3 is 39.9 Å². The van der Waals surface area contributed by atoms with Crippen LogP contribution in [0.25, 0.3) is 43.0 Å². The van der Waals surface area contributed by atoms with Crippen LogP contribution in [0.3, 0.4) is 0 Å². The van der Waals surface area contributed by atoms with E-state index in [0.717, 1.165) is 51.2 Å². The van der Waals surface area contributed by atoms with Gasteiger partial charge in [-0.15, -0.1) is 22.7 Å². The minimum absolute atomic E-state index is 0.213. The molecule has 2 aliphatic rings. The number of hydrogen-bond donors (Lipinski definition) is 4. The number of methoxy groups -OCH3 is 2. The van der Waals surface area contributed by atoms with Gasteiger partial charge in [-0.3, -0.25) is 9.59 Å². The zero-order valence-corrected chi connectivity index (χ0v) is 35.4. The van der Waals surface area contributed by atoms with Gasteiger partial charge in [0.1, 0.15) is 29.8 Å². The highest BCUT2D eigenvalue weighted by molar-refractivity contribution is 7.27. The largest absolute Gasteiger partial charge is 0.453 e. The van der Waals surface area contributed by atoms with Gasteiger partial charge in [0, 0.05) is 35.0 Å². The number of alkyl carbamates (subject to hydrolysis) is 2. The minimum Gasteiger partial charge on any atom is -0.453 e. The van der Waals surface area contributed by atoms with Gasteiger partial charge in [-0.1, -0.05) is 97.1 Å². The van der Waals surface area contributed by atoms with E-state index in [4.69, 9.17) is 14.5 Å². The zero-order chi connectivity index (χ0) is 42.7. The summed E-state index contributed by atoms with van der Waals surface area (Å²) in [6.45, 7) is 0.919. The Balaban J connectivity index is 0.899. The normalized spacial score (nSPS) is 16.9. The van der Waals surface area contributed by atoms with Crippen molar-refractivity contribution in [1.82, 2.24) is 40.4 Å². The Morgan fingerprint density at radius 2 is 1.24 bits per heavy atom. The van der Waals surface area contributed by atoms with E-state index in [0.29, 0.717) is 35.9 Å². The van der Waals surface area contributed by atoms with Gasteiger partial charge in [-0.25, -0.2) is 19.6 Å². The molecule has 6 heterocycles. The van der Waals surface area contributed by atoms with E-state index in [1.54, 1.807) is 50.8 Å². The number of imidazole rings is 2. The Morgan fingerprint density at radius 3 is 1.89 bits per heavy atom. The first kappa shape index (κ1) is 40.4. The second-order valence-corrected chi connectivity index (χ2v) is 16.7. The summed E-state index contributed by atoms with van der Waals surface area (Å²) in [6, 6.07) is 24.1. The molecule has 4 amide bonds. The van der Waals surface area contributed by atoms with Crippen LogP contribution in [0.4, 0.5) is 9.59 Å². The quantitative estimate of drug-likeness (QED) is 0.0935. The molecular weight excluding hydrogens is 825 g/mol. The number of aromatic nitrogens is 4. The van der Waals surface area contributed by atoms with Crippen molar-refractivity contribution in [2.24, 2.45) is 0 Å². The number of nitrogens with zero attached hydrogens (tertiary/aromatic N) is 4. The number of nitrogens with one attached hydrogen (secondary N) is 4. The molecule has 314 valence electrons. The third-order valence-electron chi connectivity index (χ3n) is 11.3. The predicted octanol–water partition coefficient (Wildman–Crippen LogP) is 8.71. The topological polar surface area (TPSA) is 175 Å². The molecule has 4 aromatic heterocycles. The number of aromatic amines is 2. The first-order chi connectivity index (χ1) is 30.3. The number of ether oxygens (including phenoxy) is 2. The Labute approximate surface area is 364 Å². The number of hydrogen-bond acceptors (Lipinski definition) is 10. The number of likely N-dealkylation sites (tertiary alicyclic amines) is 1. The van der Waals surface area contributed by atoms with E-state index in [1.807, 2.05) is 66.9 Å². The Kier molecular flexibility index (Phi) is 11.4. The van der Waals surface area contributed by atoms with E-state index < -0.39 is 30.3 Å². The lowest BCUT2D eigenvalue weighted by atomic mass is 10.0. The summed E-state index contributed by atoms with van der Waals surface area (Å²) in [5.74, 6) is 0.833. The van der Waals surface area contributed by atoms with Crippen molar-refractivity contribution in [3.63, 3.8) is 0 Å². The molecule has 16 heteroatoms. The number of benzene rings is 3. The maximum absolute atomic E-state index is 14.0. The second-order valence-electron chi connectivity index (χ2n) is 14.9. The molecule has 7 aromatic rings. The van der Waals surface area contributed by atoms with E-state index in [1.165, 1.54) is 18.9 Å². The maximum Gasteiger partial charge on any atom is 0.407 e. The minimum atomic E-state index is -0.925. The smallest absolute Gasteiger partial charge is 0.407 e. The first-order valence-electron chi connectivity index (χ1n) is 20.1. The summed E-state index contributed by atoms with van der Waals surface area (Å²) >= 11 is 3.36. The fourth-order valence-electron chi connectivity index (χ4n) is 8.16. The lowest BCUT2D eigenvalue weighted by molar-refractivity contribution is -0.135. The van der Waals surface area contributed by atoms with Crippen molar-refractivity contribution < 1.29 is 28.7 Å². The van der Waals surface area contributed by atoms with Crippen LogP contribution in [0, 0.1) is 0 Å². The van der Waals surface area contributed by atoms with Gasteiger partial charge in [0.15, 0.2) is 0 Å². The van der Waals surface area contributed by atoms with E-state index in [2.05, 4.69) is 60.6 Å². The standard InChI is InChI=1S/C46H42N8O6S2/c1-59-45(57)51-37(29-11-5-3-6-12-29)43(55)53-21-9-15-35(53)41-47-23-33(49-41)28-19-17-27(18-20-28)31-25-61-40-32(26-62-39(31)40)34-24-48-42(50-34)36-16-10-22-54(36)44(56)38(52-46(58)60-2)30-13-7-4-8-14-30/h3-9,11-15,17-20,23-26,35-38H,10,16,21-22H2,1-2H3,(H,47,49)(H,48,50)(H,51,57)(H,52,58)/t35?,36?,37-,38-/m1/s1. The van der Waals surface area contributed by atoms with Crippen molar-refractivity contribution in [2.75, 3.05) is 27.3 Å². The molecule has 4 atom stereocenters. The molecule has 0 bridgehead atoms. The van der Waals surface area contributed by atoms with Crippen molar-refractivity contribution >= 4 is 56.1 Å². The molecule has 14 nitrogen and oxygen atoms in total. The van der Waals surface area contributed by atoms with Crippen molar-refractivity contribution in [1.29, 1.82) is 0 Å². The summed E-state index contributed by atoms with van der Waals surface area (Å²) in [4.78, 5) is 72.3. The molecule has 2 aliphatic heterocycles. The number of thiophene rings is 2. The van der Waals surface area contributed by atoms with Crippen LogP contribution in [-0.4, -0.2) is 81.0 Å². The van der Waals surface area contributed by atoms with Gasteiger partial charge in [0.05, 0.1) is 53.4 Å². The van der Waals surface area contributed by atoms with Crippen molar-refractivity contribution in [3.8, 4) is 33.6 Å². The SMILES string of the molecule is COC(=O)N[C@@H](C(=O)N1CC=CC1c1ncc(-c2ccc(-c3csc4c(-c5cnc(C6CCCN6C(=O)[C@H](NC(=O)OC)c6ccccc6)[nH]5)csc34)cc2)[nH]1)c1ccccc1. The fourth-order valence-corrected chi connectivity index (χ4v) is 10.6. The average molecular weight is 867 g/mol. The summed E-state index contributed by atoms with van der Waals surface area (Å²) in [5, 5.41) is 9.74. The third kappa shape index (κ3) is 7.85. The van der Waals surface area contributed by atoms with Crippen LogP contribution < -0.4 is 10.6 Å². The summed E-state index contributed by atoms with van der Waals surface area (Å²) < 4.78 is 12.0. The molecule has 62 heavy (non-hydrogen) atoms. The number of carbonyl (C=O) groups excluding carboxylic acids is 4. The Bertz CT molecular complexity index is 2760. The lowest BCUT2D eigenvalue weighted by Gasteiger charge is -2.28. The number of carbonyl (C=O) groups is 4. The monoisotopic (exact) mass is 866 g/mol. The highest BCUT2D eigenvalue weighted by Gasteiger charge is 2.38. The highest BCUT2D eigenvalue weighted by Crippen LogP contribution is 2.44. The maximum atomic E-state index is 14.0. The van der Waals surface area contributed by atoms with E-state index in [9.17, 15) is 19.2 Å². The molecule has 0 spiro atoms. The van der Waals surface area contributed by atoms with E-state index >= 15 is 0 Å².